The molecule has 1 aromatic rings. The minimum absolute atomic E-state index is 0.0994. The fourth-order valence-corrected chi connectivity index (χ4v) is 1.24. The van der Waals surface area contributed by atoms with E-state index in [1.54, 1.807) is 12.1 Å². The second-order valence-corrected chi connectivity index (χ2v) is 2.98. The van der Waals surface area contributed by atoms with Gasteiger partial charge >= 0.3 is 0 Å². The molecule has 0 saturated carbocycles. The van der Waals surface area contributed by atoms with Gasteiger partial charge in [0.2, 0.25) is 0 Å². The molecule has 1 rings (SSSR count). The van der Waals surface area contributed by atoms with Crippen molar-refractivity contribution in [1.29, 1.82) is 0 Å². The van der Waals surface area contributed by atoms with Gasteiger partial charge in [-0.3, -0.25) is 4.79 Å². The monoisotopic (exact) mass is 183 g/mol. The van der Waals surface area contributed by atoms with Crippen LogP contribution in [0.1, 0.15) is 29.4 Å². The van der Waals surface area contributed by atoms with Gasteiger partial charge in [0.1, 0.15) is 5.15 Å². The van der Waals surface area contributed by atoms with E-state index >= 15 is 0 Å². The zero-order valence-electron chi connectivity index (χ0n) is 7.10. The minimum Gasteiger partial charge on any atom is -0.294 e. The molecule has 0 unspecified atom stereocenters. The van der Waals surface area contributed by atoms with Crippen molar-refractivity contribution in [1.82, 2.24) is 4.98 Å². The summed E-state index contributed by atoms with van der Waals surface area (Å²) in [6.45, 7) is 3.64. The van der Waals surface area contributed by atoms with E-state index in [2.05, 4.69) is 4.98 Å². The SMILES string of the molecule is CCC(=O)c1cc(C)nc(Cl)c1. The molecule has 1 heterocycles. The highest BCUT2D eigenvalue weighted by atomic mass is 35.5. The van der Waals surface area contributed by atoms with Crippen molar-refractivity contribution in [2.24, 2.45) is 0 Å². The van der Waals surface area contributed by atoms with Crippen LogP contribution >= 0.6 is 11.6 Å². The van der Waals surface area contributed by atoms with E-state index < -0.39 is 0 Å². The van der Waals surface area contributed by atoms with E-state index in [4.69, 9.17) is 11.6 Å². The van der Waals surface area contributed by atoms with Gasteiger partial charge in [-0.15, -0.1) is 0 Å². The summed E-state index contributed by atoms with van der Waals surface area (Å²) in [6.07, 6.45) is 0.500. The zero-order valence-corrected chi connectivity index (χ0v) is 7.85. The molecular formula is C9H10ClNO. The summed E-state index contributed by atoms with van der Waals surface area (Å²) in [4.78, 5) is 15.2. The van der Waals surface area contributed by atoms with Gasteiger partial charge in [0.25, 0.3) is 0 Å². The van der Waals surface area contributed by atoms with Crippen LogP contribution in [0.15, 0.2) is 12.1 Å². The fraction of sp³-hybridized carbons (Fsp3) is 0.333. The average molecular weight is 184 g/mol. The van der Waals surface area contributed by atoms with Crippen molar-refractivity contribution < 1.29 is 4.79 Å². The van der Waals surface area contributed by atoms with Gasteiger partial charge in [-0.05, 0) is 19.1 Å². The first kappa shape index (κ1) is 9.20. The molecule has 2 nitrogen and oxygen atoms in total. The van der Waals surface area contributed by atoms with Gasteiger partial charge in [0.05, 0.1) is 0 Å². The molecule has 1 aromatic heterocycles. The molecule has 0 aromatic carbocycles. The third-order valence-corrected chi connectivity index (χ3v) is 1.76. The number of Topliss-reactive ketones (excluding diaryl/α,β-unsaturated/α-hetero) is 1. The molecular weight excluding hydrogens is 174 g/mol. The smallest absolute Gasteiger partial charge is 0.162 e. The van der Waals surface area contributed by atoms with Crippen LogP contribution in [0.3, 0.4) is 0 Å². The van der Waals surface area contributed by atoms with Crippen LogP contribution in [-0.4, -0.2) is 10.8 Å². The van der Waals surface area contributed by atoms with Crippen LogP contribution in [0.25, 0.3) is 0 Å². The molecule has 0 radical (unpaired) electrons. The van der Waals surface area contributed by atoms with Crippen LogP contribution in [0.2, 0.25) is 5.15 Å². The average Bonchev–Trinajstić information content (AvgIpc) is 2.01. The van der Waals surface area contributed by atoms with E-state index in [9.17, 15) is 4.79 Å². The Morgan fingerprint density at radius 2 is 2.25 bits per heavy atom. The number of nitrogens with zero attached hydrogens (tertiary/aromatic N) is 1. The number of aromatic nitrogens is 1. The Balaban J connectivity index is 3.08. The van der Waals surface area contributed by atoms with Crippen molar-refractivity contribution in [2.75, 3.05) is 0 Å². The molecule has 64 valence electrons. The van der Waals surface area contributed by atoms with Crippen molar-refractivity contribution in [3.63, 3.8) is 0 Å². The Labute approximate surface area is 76.6 Å². The van der Waals surface area contributed by atoms with Crippen LogP contribution in [-0.2, 0) is 0 Å². The largest absolute Gasteiger partial charge is 0.294 e. The molecule has 0 aliphatic rings. The molecule has 0 aliphatic carbocycles. The molecule has 0 amide bonds. The molecule has 0 saturated heterocycles. The molecule has 3 heteroatoms. The number of ketones is 1. The zero-order chi connectivity index (χ0) is 9.14. The van der Waals surface area contributed by atoms with Crippen LogP contribution in [0.4, 0.5) is 0 Å². The Hall–Kier alpha value is -0.890. The molecule has 0 bridgehead atoms. The van der Waals surface area contributed by atoms with Crippen molar-refractivity contribution >= 4 is 17.4 Å². The first-order valence-electron chi connectivity index (χ1n) is 3.81. The first-order chi connectivity index (χ1) is 5.63. The highest BCUT2D eigenvalue weighted by Crippen LogP contribution is 2.11. The second kappa shape index (κ2) is 3.68. The van der Waals surface area contributed by atoms with Gasteiger partial charge < -0.3 is 0 Å². The standard InChI is InChI=1S/C9H10ClNO/c1-3-8(12)7-4-6(2)11-9(10)5-7/h4-5H,3H2,1-2H3. The topological polar surface area (TPSA) is 30.0 Å². The third-order valence-electron chi connectivity index (χ3n) is 1.57. The van der Waals surface area contributed by atoms with Crippen LogP contribution in [0, 0.1) is 6.92 Å². The third kappa shape index (κ3) is 2.05. The number of halogens is 1. The molecule has 0 fully saturated rings. The number of hydrogen-bond donors (Lipinski definition) is 0. The predicted molar refractivity (Wildman–Crippen MR) is 48.6 cm³/mol. The van der Waals surface area contributed by atoms with E-state index in [1.807, 2.05) is 13.8 Å². The lowest BCUT2D eigenvalue weighted by atomic mass is 10.1. The number of hydrogen-bond acceptors (Lipinski definition) is 2. The summed E-state index contributed by atoms with van der Waals surface area (Å²) < 4.78 is 0. The van der Waals surface area contributed by atoms with Crippen LogP contribution < -0.4 is 0 Å². The van der Waals surface area contributed by atoms with E-state index in [0.717, 1.165) is 5.69 Å². The van der Waals surface area contributed by atoms with E-state index in [-0.39, 0.29) is 5.78 Å². The maximum Gasteiger partial charge on any atom is 0.162 e. The normalized spacial score (nSPS) is 9.92. The summed E-state index contributed by atoms with van der Waals surface area (Å²) in [5.74, 6) is 0.0994. The second-order valence-electron chi connectivity index (χ2n) is 2.60. The summed E-state index contributed by atoms with van der Waals surface area (Å²) >= 11 is 5.69. The van der Waals surface area contributed by atoms with Crippen molar-refractivity contribution in [3.8, 4) is 0 Å². The summed E-state index contributed by atoms with van der Waals surface area (Å²) in [5.41, 5.74) is 1.43. The highest BCUT2D eigenvalue weighted by molar-refractivity contribution is 6.29. The number of aryl methyl sites for hydroxylation is 1. The van der Waals surface area contributed by atoms with Gasteiger partial charge in [-0.25, -0.2) is 4.98 Å². The summed E-state index contributed by atoms with van der Waals surface area (Å²) in [7, 11) is 0. The predicted octanol–water partition coefficient (Wildman–Crippen LogP) is 2.64. The Bertz CT molecular complexity index is 289. The van der Waals surface area contributed by atoms with Gasteiger partial charge in [0, 0.05) is 17.7 Å². The maximum atomic E-state index is 11.2. The Morgan fingerprint density at radius 1 is 1.58 bits per heavy atom. The van der Waals surface area contributed by atoms with Gasteiger partial charge in [-0.2, -0.15) is 0 Å². The van der Waals surface area contributed by atoms with Gasteiger partial charge in [0.15, 0.2) is 5.78 Å². The van der Waals surface area contributed by atoms with Gasteiger partial charge in [-0.1, -0.05) is 18.5 Å². The fourth-order valence-electron chi connectivity index (χ4n) is 0.993. The van der Waals surface area contributed by atoms with Crippen molar-refractivity contribution in [2.45, 2.75) is 20.3 Å². The van der Waals surface area contributed by atoms with E-state index in [0.29, 0.717) is 17.1 Å². The molecule has 12 heavy (non-hydrogen) atoms. The lowest BCUT2D eigenvalue weighted by Gasteiger charge is -1.99. The van der Waals surface area contributed by atoms with Crippen LogP contribution in [0.5, 0.6) is 0 Å². The van der Waals surface area contributed by atoms with E-state index in [1.165, 1.54) is 0 Å². The summed E-state index contributed by atoms with van der Waals surface area (Å²) in [5, 5.41) is 0.381. The number of rotatable bonds is 2. The maximum absolute atomic E-state index is 11.2. The molecule has 0 aliphatic heterocycles. The lowest BCUT2D eigenvalue weighted by Crippen LogP contribution is -1.98. The number of carbonyl (C=O) groups excluding carboxylic acids is 1. The molecule has 0 atom stereocenters. The quantitative estimate of drug-likeness (QED) is 0.521. The molecule has 0 spiro atoms. The minimum atomic E-state index is 0.0994. The first-order valence-corrected chi connectivity index (χ1v) is 4.18. The Morgan fingerprint density at radius 3 is 2.75 bits per heavy atom. The Kier molecular flexibility index (Phi) is 2.82. The molecule has 0 N–H and O–H groups in total. The highest BCUT2D eigenvalue weighted by Gasteiger charge is 2.04. The number of carbonyl (C=O) groups is 1. The number of pyridine rings is 1. The lowest BCUT2D eigenvalue weighted by molar-refractivity contribution is 0.0988. The van der Waals surface area contributed by atoms with Crippen molar-refractivity contribution in [3.05, 3.63) is 28.5 Å². The summed E-state index contributed by atoms with van der Waals surface area (Å²) in [6, 6.07) is 3.35.